The maximum absolute atomic E-state index is 13.3. The van der Waals surface area contributed by atoms with Gasteiger partial charge in [-0.2, -0.15) is 4.31 Å². The van der Waals surface area contributed by atoms with Gasteiger partial charge in [0.1, 0.15) is 10.6 Å². The predicted octanol–water partition coefficient (Wildman–Crippen LogP) is 3.06. The molecule has 3 heterocycles. The summed E-state index contributed by atoms with van der Waals surface area (Å²) in [5.74, 6) is -0.687. The Kier molecular flexibility index (Phi) is 7.73. The normalized spacial score (nSPS) is 20.0. The molecule has 0 saturated carbocycles. The molecule has 9 heteroatoms. The number of rotatable bonds is 6. The Morgan fingerprint density at radius 3 is 2.44 bits per heavy atom. The van der Waals surface area contributed by atoms with Crippen LogP contribution in [0.2, 0.25) is 0 Å². The van der Waals surface area contributed by atoms with E-state index in [1.54, 1.807) is 4.90 Å². The molecule has 1 aromatic carbocycles. The Hall–Kier alpha value is -2.65. The Labute approximate surface area is 201 Å². The summed E-state index contributed by atoms with van der Waals surface area (Å²) in [5.41, 5.74) is 2.46. The highest BCUT2D eigenvalue weighted by atomic mass is 32.2. The summed E-state index contributed by atoms with van der Waals surface area (Å²) in [5, 5.41) is 2.94. The molecule has 1 atom stereocenters. The minimum atomic E-state index is -3.80. The molecule has 1 aromatic heterocycles. The highest BCUT2D eigenvalue weighted by molar-refractivity contribution is 7.89. The van der Waals surface area contributed by atoms with E-state index in [4.69, 9.17) is 0 Å². The third-order valence-corrected chi connectivity index (χ3v) is 8.60. The van der Waals surface area contributed by atoms with E-state index in [9.17, 15) is 18.0 Å². The van der Waals surface area contributed by atoms with Crippen LogP contribution in [-0.4, -0.2) is 60.6 Å². The van der Waals surface area contributed by atoms with E-state index < -0.39 is 15.9 Å². The quantitative estimate of drug-likeness (QED) is 0.655. The average Bonchev–Trinajstić information content (AvgIpc) is 3.20. The Balaban J connectivity index is 1.38. The van der Waals surface area contributed by atoms with Gasteiger partial charge in [-0.15, -0.1) is 0 Å². The zero-order valence-electron chi connectivity index (χ0n) is 19.8. The molecule has 2 aromatic rings. The van der Waals surface area contributed by atoms with Crippen molar-refractivity contribution in [1.82, 2.24) is 19.5 Å². The van der Waals surface area contributed by atoms with Gasteiger partial charge >= 0.3 is 0 Å². The summed E-state index contributed by atoms with van der Waals surface area (Å²) in [7, 11) is -3.80. The lowest BCUT2D eigenvalue weighted by atomic mass is 9.98. The van der Waals surface area contributed by atoms with E-state index >= 15 is 0 Å². The van der Waals surface area contributed by atoms with Gasteiger partial charge in [0.25, 0.3) is 5.91 Å². The van der Waals surface area contributed by atoms with Gasteiger partial charge in [-0.05, 0) is 44.2 Å². The third-order valence-electron chi connectivity index (χ3n) is 6.76. The molecule has 2 aliphatic rings. The number of carbonyl (C=O) groups is 2. The fraction of sp³-hybridized carbons (Fsp3) is 0.520. The number of aromatic nitrogens is 1. The average molecular weight is 487 g/mol. The first-order chi connectivity index (χ1) is 16.3. The van der Waals surface area contributed by atoms with E-state index in [1.165, 1.54) is 16.6 Å². The van der Waals surface area contributed by atoms with Gasteiger partial charge in [0.15, 0.2) is 0 Å². The standard InChI is InChI=1S/C25H34N4O4S/c1-19-8-10-20(11-9-19)16-27-24(30)21-7-6-14-29(18-21)34(32,33)22-15-23(26-17-22)25(31)28-12-4-2-3-5-13-28/h8-11,15,17,21,26H,2-7,12-14,16,18H2,1H3,(H,27,30)/t21-/m0/s1. The summed E-state index contributed by atoms with van der Waals surface area (Å²) in [6.07, 6.45) is 6.83. The van der Waals surface area contributed by atoms with Crippen LogP contribution in [0.25, 0.3) is 0 Å². The number of piperidine rings is 1. The number of likely N-dealkylation sites (tertiary alicyclic amines) is 1. The number of amides is 2. The first-order valence-corrected chi connectivity index (χ1v) is 13.6. The molecule has 0 radical (unpaired) electrons. The highest BCUT2D eigenvalue weighted by Gasteiger charge is 2.34. The molecule has 0 aliphatic carbocycles. The number of hydrogen-bond acceptors (Lipinski definition) is 4. The fourth-order valence-electron chi connectivity index (χ4n) is 4.65. The number of sulfonamides is 1. The second-order valence-corrected chi connectivity index (χ2v) is 11.3. The van der Waals surface area contributed by atoms with Gasteiger partial charge in [-0.25, -0.2) is 8.42 Å². The smallest absolute Gasteiger partial charge is 0.270 e. The monoisotopic (exact) mass is 486 g/mol. The van der Waals surface area contributed by atoms with Crippen molar-refractivity contribution < 1.29 is 18.0 Å². The molecule has 8 nitrogen and oxygen atoms in total. The zero-order valence-corrected chi connectivity index (χ0v) is 20.6. The molecule has 2 fully saturated rings. The molecule has 2 aliphatic heterocycles. The van der Waals surface area contributed by atoms with Crippen LogP contribution in [-0.2, 0) is 21.4 Å². The number of H-pyrrole nitrogens is 1. The number of carbonyl (C=O) groups excluding carboxylic acids is 2. The topological polar surface area (TPSA) is 103 Å². The Morgan fingerprint density at radius 1 is 1.03 bits per heavy atom. The van der Waals surface area contributed by atoms with Gasteiger partial charge in [-0.3, -0.25) is 9.59 Å². The Morgan fingerprint density at radius 2 is 1.74 bits per heavy atom. The minimum absolute atomic E-state index is 0.0754. The fourth-order valence-corrected chi connectivity index (χ4v) is 6.17. The van der Waals surface area contributed by atoms with E-state index in [0.717, 1.165) is 36.8 Å². The lowest BCUT2D eigenvalue weighted by Gasteiger charge is -2.31. The highest BCUT2D eigenvalue weighted by Crippen LogP contribution is 2.25. The number of nitrogens with zero attached hydrogens (tertiary/aromatic N) is 2. The number of aromatic amines is 1. The lowest BCUT2D eigenvalue weighted by Crippen LogP contribution is -2.45. The lowest BCUT2D eigenvalue weighted by molar-refractivity contribution is -0.126. The second-order valence-electron chi connectivity index (χ2n) is 9.36. The number of benzene rings is 1. The van der Waals surface area contributed by atoms with E-state index in [-0.39, 0.29) is 23.3 Å². The van der Waals surface area contributed by atoms with Crippen LogP contribution in [0.4, 0.5) is 0 Å². The van der Waals surface area contributed by atoms with Crippen molar-refractivity contribution in [2.75, 3.05) is 26.2 Å². The summed E-state index contributed by atoms with van der Waals surface area (Å²) in [4.78, 5) is 30.3. The zero-order chi connectivity index (χ0) is 24.1. The van der Waals surface area contributed by atoms with Crippen molar-refractivity contribution in [3.8, 4) is 0 Å². The summed E-state index contributed by atoms with van der Waals surface area (Å²) in [6.45, 7) is 4.34. The molecule has 0 bridgehead atoms. The molecule has 2 saturated heterocycles. The Bertz CT molecular complexity index is 1100. The molecular weight excluding hydrogens is 452 g/mol. The largest absolute Gasteiger partial charge is 0.356 e. The molecule has 4 rings (SSSR count). The summed E-state index contributed by atoms with van der Waals surface area (Å²) < 4.78 is 27.9. The molecule has 184 valence electrons. The van der Waals surface area contributed by atoms with Crippen LogP contribution in [0.15, 0.2) is 41.4 Å². The van der Waals surface area contributed by atoms with Gasteiger partial charge < -0.3 is 15.2 Å². The van der Waals surface area contributed by atoms with Crippen LogP contribution in [0.1, 0.15) is 60.1 Å². The molecular formula is C25H34N4O4S. The summed E-state index contributed by atoms with van der Waals surface area (Å²) >= 11 is 0. The van der Waals surface area contributed by atoms with E-state index in [2.05, 4.69) is 10.3 Å². The number of aryl methyl sites for hydroxylation is 1. The molecule has 0 spiro atoms. The van der Waals surface area contributed by atoms with Crippen molar-refractivity contribution in [3.05, 3.63) is 53.3 Å². The summed E-state index contributed by atoms with van der Waals surface area (Å²) in [6, 6.07) is 9.38. The van der Waals surface area contributed by atoms with Crippen LogP contribution >= 0.6 is 0 Å². The molecule has 0 unspecified atom stereocenters. The van der Waals surface area contributed by atoms with Crippen molar-refractivity contribution in [1.29, 1.82) is 0 Å². The first kappa shape index (κ1) is 24.5. The molecule has 2 N–H and O–H groups in total. The molecule has 34 heavy (non-hydrogen) atoms. The minimum Gasteiger partial charge on any atom is -0.356 e. The van der Waals surface area contributed by atoms with Gasteiger partial charge in [-0.1, -0.05) is 42.7 Å². The van der Waals surface area contributed by atoms with Gasteiger partial charge in [0.2, 0.25) is 15.9 Å². The first-order valence-electron chi connectivity index (χ1n) is 12.2. The van der Waals surface area contributed by atoms with Crippen molar-refractivity contribution >= 4 is 21.8 Å². The maximum atomic E-state index is 13.3. The number of nitrogens with one attached hydrogen (secondary N) is 2. The van der Waals surface area contributed by atoms with Gasteiger partial charge in [0.05, 0.1) is 5.92 Å². The van der Waals surface area contributed by atoms with Crippen molar-refractivity contribution in [2.45, 2.75) is 56.9 Å². The van der Waals surface area contributed by atoms with Crippen molar-refractivity contribution in [2.24, 2.45) is 5.92 Å². The molecule has 2 amide bonds. The number of hydrogen-bond donors (Lipinski definition) is 2. The predicted molar refractivity (Wildman–Crippen MR) is 130 cm³/mol. The SMILES string of the molecule is Cc1ccc(CNC(=O)[C@H]2CCCN(S(=O)(=O)c3c[nH]c(C(=O)N4CCCCCC4)c3)C2)cc1. The van der Waals surface area contributed by atoms with Crippen LogP contribution < -0.4 is 5.32 Å². The second kappa shape index (κ2) is 10.7. The van der Waals surface area contributed by atoms with Gasteiger partial charge in [0, 0.05) is 38.9 Å². The maximum Gasteiger partial charge on any atom is 0.270 e. The van der Waals surface area contributed by atoms with Crippen molar-refractivity contribution in [3.63, 3.8) is 0 Å². The third kappa shape index (κ3) is 5.70. The van der Waals surface area contributed by atoms with Crippen LogP contribution in [0, 0.1) is 12.8 Å². The van der Waals surface area contributed by atoms with Crippen LogP contribution in [0.5, 0.6) is 0 Å². The van der Waals surface area contributed by atoms with E-state index in [0.29, 0.717) is 44.7 Å². The van der Waals surface area contributed by atoms with Crippen LogP contribution in [0.3, 0.4) is 0 Å². The van der Waals surface area contributed by atoms with E-state index in [1.807, 2.05) is 31.2 Å².